The molecule has 0 aliphatic rings. The van der Waals surface area contributed by atoms with E-state index in [9.17, 15) is 0 Å². The highest BCUT2D eigenvalue weighted by atomic mass is 35.5. The van der Waals surface area contributed by atoms with E-state index in [0.717, 1.165) is 22.4 Å². The van der Waals surface area contributed by atoms with Crippen molar-refractivity contribution >= 4 is 29.4 Å². The smallest absolute Gasteiger partial charge is 0.161 e. The molecule has 0 amide bonds. The number of nitrogens with one attached hydrogen (secondary N) is 1. The quantitative estimate of drug-likeness (QED) is 0.339. The van der Waals surface area contributed by atoms with Crippen molar-refractivity contribution in [2.24, 2.45) is 5.10 Å². The fraction of sp³-hybridized carbons (Fsp3) is 0.174. The second kappa shape index (κ2) is 10.8. The molecule has 0 bridgehead atoms. The Labute approximate surface area is 186 Å². The molecule has 0 aliphatic carbocycles. The zero-order chi connectivity index (χ0) is 21.3. The van der Waals surface area contributed by atoms with Crippen molar-refractivity contribution in [1.82, 2.24) is 5.43 Å². The van der Waals surface area contributed by atoms with Gasteiger partial charge in [0.1, 0.15) is 12.4 Å². The topological polar surface area (TPSA) is 52.1 Å². The average Bonchev–Trinajstić information content (AvgIpc) is 2.78. The Morgan fingerprint density at radius 1 is 0.867 bits per heavy atom. The highest BCUT2D eigenvalue weighted by molar-refractivity contribution is 6.42. The summed E-state index contributed by atoms with van der Waals surface area (Å²) in [5.41, 5.74) is 5.85. The highest BCUT2D eigenvalue weighted by Gasteiger charge is 2.07. The van der Waals surface area contributed by atoms with Gasteiger partial charge < -0.3 is 19.6 Å². The monoisotopic (exact) mass is 444 g/mol. The Morgan fingerprint density at radius 2 is 1.67 bits per heavy atom. The number of ether oxygens (including phenoxy) is 3. The third-order valence-corrected chi connectivity index (χ3v) is 5.07. The van der Waals surface area contributed by atoms with Crippen LogP contribution in [0, 0.1) is 0 Å². The van der Waals surface area contributed by atoms with Crippen LogP contribution >= 0.6 is 23.2 Å². The number of hydrogen-bond acceptors (Lipinski definition) is 5. The summed E-state index contributed by atoms with van der Waals surface area (Å²) < 4.78 is 16.7. The SMILES string of the molecule is COc1ccccc1CN/N=C/c1ccc(OCc2ccc(Cl)c(Cl)c2)c(OC)c1. The minimum atomic E-state index is 0.348. The van der Waals surface area contributed by atoms with E-state index in [1.165, 1.54) is 0 Å². The molecule has 3 rings (SSSR count). The van der Waals surface area contributed by atoms with E-state index in [0.29, 0.717) is 34.7 Å². The van der Waals surface area contributed by atoms with Crippen LogP contribution in [0.4, 0.5) is 0 Å². The zero-order valence-electron chi connectivity index (χ0n) is 16.7. The first-order valence-corrected chi connectivity index (χ1v) is 9.99. The van der Waals surface area contributed by atoms with Crippen LogP contribution < -0.4 is 19.6 Å². The Kier molecular flexibility index (Phi) is 7.82. The lowest BCUT2D eigenvalue weighted by Gasteiger charge is -2.12. The molecule has 3 aromatic rings. The second-order valence-electron chi connectivity index (χ2n) is 6.35. The molecule has 0 atom stereocenters. The standard InChI is InChI=1S/C23H22Cl2N2O3/c1-28-21-6-4-3-5-18(21)14-27-26-13-16-8-10-22(23(12-16)29-2)30-15-17-7-9-19(24)20(25)11-17/h3-13,27H,14-15H2,1-2H3/b26-13+. The second-order valence-corrected chi connectivity index (χ2v) is 7.17. The molecular weight excluding hydrogens is 423 g/mol. The number of benzene rings is 3. The molecule has 5 nitrogen and oxygen atoms in total. The Morgan fingerprint density at radius 3 is 2.43 bits per heavy atom. The zero-order valence-corrected chi connectivity index (χ0v) is 18.2. The van der Waals surface area contributed by atoms with Crippen molar-refractivity contribution in [2.75, 3.05) is 14.2 Å². The van der Waals surface area contributed by atoms with Gasteiger partial charge in [-0.05, 0) is 47.5 Å². The van der Waals surface area contributed by atoms with Crippen molar-refractivity contribution in [2.45, 2.75) is 13.2 Å². The molecule has 156 valence electrons. The molecule has 7 heteroatoms. The van der Waals surface area contributed by atoms with Gasteiger partial charge in [0.15, 0.2) is 11.5 Å². The maximum Gasteiger partial charge on any atom is 0.161 e. The van der Waals surface area contributed by atoms with Crippen molar-refractivity contribution in [3.63, 3.8) is 0 Å². The maximum atomic E-state index is 6.05. The van der Waals surface area contributed by atoms with Crippen LogP contribution in [0.25, 0.3) is 0 Å². The van der Waals surface area contributed by atoms with Gasteiger partial charge in [-0.25, -0.2) is 0 Å². The number of methoxy groups -OCH3 is 2. The van der Waals surface area contributed by atoms with Gasteiger partial charge in [0.25, 0.3) is 0 Å². The first-order chi connectivity index (χ1) is 14.6. The maximum absolute atomic E-state index is 6.05. The van der Waals surface area contributed by atoms with Crippen molar-refractivity contribution in [1.29, 1.82) is 0 Å². The van der Waals surface area contributed by atoms with E-state index >= 15 is 0 Å². The van der Waals surface area contributed by atoms with E-state index in [-0.39, 0.29) is 0 Å². The van der Waals surface area contributed by atoms with E-state index in [1.807, 2.05) is 48.5 Å². The summed E-state index contributed by atoms with van der Waals surface area (Å²) in [4.78, 5) is 0. The number of halogens is 2. The summed E-state index contributed by atoms with van der Waals surface area (Å²) in [7, 11) is 3.25. The summed E-state index contributed by atoms with van der Waals surface area (Å²) in [6.45, 7) is 0.906. The van der Waals surface area contributed by atoms with Crippen LogP contribution in [0.5, 0.6) is 17.2 Å². The van der Waals surface area contributed by atoms with E-state index < -0.39 is 0 Å². The summed E-state index contributed by atoms with van der Waals surface area (Å²) >= 11 is 12.0. The number of hydrogen-bond donors (Lipinski definition) is 1. The van der Waals surface area contributed by atoms with Crippen LogP contribution in [0.1, 0.15) is 16.7 Å². The fourth-order valence-electron chi connectivity index (χ4n) is 2.77. The van der Waals surface area contributed by atoms with Crippen molar-refractivity contribution < 1.29 is 14.2 Å². The lowest BCUT2D eigenvalue weighted by atomic mass is 10.2. The highest BCUT2D eigenvalue weighted by Crippen LogP contribution is 2.29. The summed E-state index contributed by atoms with van der Waals surface area (Å²) in [6.07, 6.45) is 1.72. The van der Waals surface area contributed by atoms with Crippen molar-refractivity contribution in [3.05, 3.63) is 87.4 Å². The molecule has 0 aromatic heterocycles. The van der Waals surface area contributed by atoms with Gasteiger partial charge in [-0.2, -0.15) is 5.10 Å². The van der Waals surface area contributed by atoms with Crippen LogP contribution in [0.2, 0.25) is 10.0 Å². The number of para-hydroxylation sites is 1. The largest absolute Gasteiger partial charge is 0.496 e. The molecule has 0 saturated heterocycles. The minimum Gasteiger partial charge on any atom is -0.496 e. The van der Waals surface area contributed by atoms with Crippen LogP contribution in [0.15, 0.2) is 65.8 Å². The van der Waals surface area contributed by atoms with Gasteiger partial charge >= 0.3 is 0 Å². The summed E-state index contributed by atoms with van der Waals surface area (Å²) in [6, 6.07) is 18.8. The van der Waals surface area contributed by atoms with E-state index in [1.54, 1.807) is 32.6 Å². The molecule has 30 heavy (non-hydrogen) atoms. The molecule has 0 aliphatic heterocycles. The molecule has 0 spiro atoms. The fourth-order valence-corrected chi connectivity index (χ4v) is 3.09. The van der Waals surface area contributed by atoms with Gasteiger partial charge in [-0.15, -0.1) is 0 Å². The molecule has 0 saturated carbocycles. The third-order valence-electron chi connectivity index (χ3n) is 4.33. The van der Waals surface area contributed by atoms with Gasteiger partial charge in [0, 0.05) is 5.56 Å². The van der Waals surface area contributed by atoms with Crippen LogP contribution in [-0.2, 0) is 13.2 Å². The van der Waals surface area contributed by atoms with Crippen LogP contribution in [-0.4, -0.2) is 20.4 Å². The summed E-state index contributed by atoms with van der Waals surface area (Å²) in [5, 5.41) is 5.29. The lowest BCUT2D eigenvalue weighted by molar-refractivity contribution is 0.284. The number of rotatable bonds is 9. The number of hydrazone groups is 1. The normalized spacial score (nSPS) is 10.8. The van der Waals surface area contributed by atoms with Gasteiger partial charge in [-0.3, -0.25) is 0 Å². The molecule has 0 heterocycles. The van der Waals surface area contributed by atoms with Crippen molar-refractivity contribution in [3.8, 4) is 17.2 Å². The minimum absolute atomic E-state index is 0.348. The lowest BCUT2D eigenvalue weighted by Crippen LogP contribution is -2.07. The molecular formula is C23H22Cl2N2O3. The molecule has 0 radical (unpaired) electrons. The van der Waals surface area contributed by atoms with E-state index in [4.69, 9.17) is 37.4 Å². The predicted molar refractivity (Wildman–Crippen MR) is 121 cm³/mol. The Balaban J connectivity index is 1.60. The van der Waals surface area contributed by atoms with Crippen LogP contribution in [0.3, 0.4) is 0 Å². The van der Waals surface area contributed by atoms with Gasteiger partial charge in [0.05, 0.1) is 37.0 Å². The summed E-state index contributed by atoms with van der Waals surface area (Å²) in [5.74, 6) is 2.07. The third kappa shape index (κ3) is 5.81. The first kappa shape index (κ1) is 21.8. The predicted octanol–water partition coefficient (Wildman–Crippen LogP) is 5.71. The Hall–Kier alpha value is -2.89. The van der Waals surface area contributed by atoms with E-state index in [2.05, 4.69) is 10.5 Å². The average molecular weight is 445 g/mol. The molecule has 0 fully saturated rings. The number of nitrogens with zero attached hydrogens (tertiary/aromatic N) is 1. The van der Waals surface area contributed by atoms with Gasteiger partial charge in [-0.1, -0.05) is 47.5 Å². The first-order valence-electron chi connectivity index (χ1n) is 9.23. The molecule has 3 aromatic carbocycles. The molecule has 0 unspecified atom stereocenters. The Bertz CT molecular complexity index is 1030. The molecule has 1 N–H and O–H groups in total. The van der Waals surface area contributed by atoms with Gasteiger partial charge in [0.2, 0.25) is 0 Å².